The Balaban J connectivity index is 4.44. The molecule has 4 heteroatoms. The summed E-state index contributed by atoms with van der Waals surface area (Å²) in [5.74, 6) is 0. The first kappa shape index (κ1) is 10.4. The standard InChI is InChI=1S/C7H7B2ClN/c1-4(5(2)10)3-6(11)7(8)9/h3,11H,2H2,1H3/b4-3+,11-6?. The van der Waals surface area contributed by atoms with Crippen molar-refractivity contribution in [3.63, 3.8) is 0 Å². The molecule has 11 heavy (non-hydrogen) atoms. The molecule has 0 fully saturated rings. The number of hydrogen-bond donors (Lipinski definition) is 1. The summed E-state index contributed by atoms with van der Waals surface area (Å²) >= 11 is 5.53. The van der Waals surface area contributed by atoms with E-state index in [1.807, 2.05) is 0 Å². The van der Waals surface area contributed by atoms with Crippen molar-refractivity contribution in [2.45, 2.75) is 6.92 Å². The average molecular weight is 162 g/mol. The molecular weight excluding hydrogens is 155 g/mol. The second kappa shape index (κ2) is 4.35. The van der Waals surface area contributed by atoms with E-state index in [9.17, 15) is 0 Å². The number of allylic oxidation sites excluding steroid dienone is 3. The quantitative estimate of drug-likeness (QED) is 0.366. The van der Waals surface area contributed by atoms with Gasteiger partial charge >= 0.3 is 73.6 Å². The van der Waals surface area contributed by atoms with Gasteiger partial charge in [-0.2, -0.15) is 0 Å². The zero-order valence-corrected chi connectivity index (χ0v) is 7.07. The van der Waals surface area contributed by atoms with Crippen molar-refractivity contribution in [3.8, 4) is 0 Å². The summed E-state index contributed by atoms with van der Waals surface area (Å²) in [7, 11) is 10.3. The van der Waals surface area contributed by atoms with E-state index in [1.165, 1.54) is 6.08 Å². The number of halogens is 1. The summed E-state index contributed by atoms with van der Waals surface area (Å²) in [4.78, 5) is 0. The fourth-order valence-corrected chi connectivity index (χ4v) is 0.433. The molecule has 0 spiro atoms. The van der Waals surface area contributed by atoms with Gasteiger partial charge in [-0.15, -0.1) is 0 Å². The molecule has 0 aliphatic carbocycles. The molecule has 0 aliphatic heterocycles. The van der Waals surface area contributed by atoms with Gasteiger partial charge in [0.05, 0.1) is 0 Å². The van der Waals surface area contributed by atoms with E-state index >= 15 is 0 Å². The van der Waals surface area contributed by atoms with Crippen molar-refractivity contribution >= 4 is 38.0 Å². The molecule has 0 saturated heterocycles. The van der Waals surface area contributed by atoms with Crippen LogP contribution in [0.3, 0.4) is 0 Å². The van der Waals surface area contributed by atoms with Gasteiger partial charge in [-0.1, -0.05) is 0 Å². The fraction of sp³-hybridized carbons (Fsp3) is 0.143. The van der Waals surface area contributed by atoms with Crippen LogP contribution in [-0.2, 0) is 0 Å². The number of nitrogens with one attached hydrogen (secondary N) is 1. The molecular formula is C7H7B2ClN. The van der Waals surface area contributed by atoms with Crippen molar-refractivity contribution in [3.05, 3.63) is 23.3 Å². The van der Waals surface area contributed by atoms with Gasteiger partial charge in [-0.3, -0.25) is 0 Å². The van der Waals surface area contributed by atoms with Crippen molar-refractivity contribution in [2.24, 2.45) is 0 Å². The maximum absolute atomic E-state index is 7.20. The van der Waals surface area contributed by atoms with Gasteiger partial charge in [0, 0.05) is 0 Å². The SMILES string of the molecule is [B]C(=[B])C(=N)/C=C(\C)C(=C)Cl. The minimum absolute atomic E-state index is 0.0257. The summed E-state index contributed by atoms with van der Waals surface area (Å²) in [6.07, 6.45) is 1.46. The molecule has 0 aromatic carbocycles. The second-order valence-corrected chi connectivity index (χ2v) is 2.56. The minimum atomic E-state index is -0.0257. The summed E-state index contributed by atoms with van der Waals surface area (Å²) in [6.45, 7) is 5.21. The summed E-state index contributed by atoms with van der Waals surface area (Å²) in [5.41, 5.74) is 0.745. The Labute approximate surface area is 74.1 Å². The molecule has 0 aromatic rings. The normalized spacial score (nSPS) is 10.8. The Morgan fingerprint density at radius 1 is 1.64 bits per heavy atom. The summed E-state index contributed by atoms with van der Waals surface area (Å²) < 4.78 is 0. The van der Waals surface area contributed by atoms with E-state index in [4.69, 9.17) is 32.3 Å². The Kier molecular flexibility index (Phi) is 4.12. The van der Waals surface area contributed by atoms with Crippen LogP contribution in [0.5, 0.6) is 0 Å². The van der Waals surface area contributed by atoms with Gasteiger partial charge in [0.2, 0.25) is 0 Å². The molecule has 0 rings (SSSR count). The molecule has 1 N–H and O–H groups in total. The third kappa shape index (κ3) is 3.99. The van der Waals surface area contributed by atoms with Gasteiger partial charge in [-0.05, 0) is 0 Å². The molecule has 0 heterocycles. The van der Waals surface area contributed by atoms with Crippen molar-refractivity contribution in [2.75, 3.05) is 0 Å². The summed E-state index contributed by atoms with van der Waals surface area (Å²) in [6, 6.07) is 0. The van der Waals surface area contributed by atoms with Gasteiger partial charge in [-0.25, -0.2) is 0 Å². The van der Waals surface area contributed by atoms with Crippen molar-refractivity contribution < 1.29 is 0 Å². The molecule has 0 saturated carbocycles. The topological polar surface area (TPSA) is 23.9 Å². The molecule has 0 amide bonds. The van der Waals surface area contributed by atoms with Crippen LogP contribution in [0, 0.1) is 5.41 Å². The fourth-order valence-electron chi connectivity index (χ4n) is 0.378. The monoisotopic (exact) mass is 162 g/mol. The molecule has 0 aliphatic rings. The molecule has 0 atom stereocenters. The van der Waals surface area contributed by atoms with Crippen LogP contribution in [0.4, 0.5) is 0 Å². The van der Waals surface area contributed by atoms with Crippen LogP contribution in [0.15, 0.2) is 23.3 Å². The first-order valence-corrected chi connectivity index (χ1v) is 3.33. The Morgan fingerprint density at radius 3 is 2.36 bits per heavy atom. The third-order valence-corrected chi connectivity index (χ3v) is 1.40. The molecule has 0 aromatic heterocycles. The van der Waals surface area contributed by atoms with E-state index in [0.29, 0.717) is 10.6 Å². The van der Waals surface area contributed by atoms with Crippen LogP contribution in [0.2, 0.25) is 0 Å². The summed E-state index contributed by atoms with van der Waals surface area (Å²) in [5, 5.41) is 7.56. The molecule has 1 nitrogen and oxygen atoms in total. The third-order valence-electron chi connectivity index (χ3n) is 1.10. The molecule has 0 unspecified atom stereocenters. The van der Waals surface area contributed by atoms with Crippen LogP contribution in [-0.4, -0.2) is 26.4 Å². The Hall–Kier alpha value is -0.560. The first-order valence-electron chi connectivity index (χ1n) is 2.95. The van der Waals surface area contributed by atoms with Gasteiger partial charge in [0.1, 0.15) is 0 Å². The van der Waals surface area contributed by atoms with Crippen LogP contribution in [0.1, 0.15) is 6.92 Å². The van der Waals surface area contributed by atoms with E-state index in [0.717, 1.165) is 0 Å². The van der Waals surface area contributed by atoms with E-state index in [-0.39, 0.29) is 11.1 Å². The van der Waals surface area contributed by atoms with Gasteiger partial charge < -0.3 is 0 Å². The van der Waals surface area contributed by atoms with Crippen molar-refractivity contribution in [1.29, 1.82) is 5.41 Å². The predicted molar refractivity (Wildman–Crippen MR) is 53.0 cm³/mol. The van der Waals surface area contributed by atoms with Crippen molar-refractivity contribution in [1.82, 2.24) is 0 Å². The first-order chi connectivity index (χ1) is 4.95. The van der Waals surface area contributed by atoms with Crippen LogP contribution >= 0.6 is 11.6 Å². The molecule has 53 valence electrons. The van der Waals surface area contributed by atoms with Crippen LogP contribution < -0.4 is 0 Å². The molecule has 0 bridgehead atoms. The number of rotatable bonds is 3. The van der Waals surface area contributed by atoms with Gasteiger partial charge in [0.15, 0.2) is 0 Å². The second-order valence-electron chi connectivity index (χ2n) is 2.10. The molecule has 3 radical (unpaired) electrons. The number of hydrogen-bond acceptors (Lipinski definition) is 1. The van der Waals surface area contributed by atoms with Gasteiger partial charge in [0.25, 0.3) is 0 Å². The van der Waals surface area contributed by atoms with E-state index in [2.05, 4.69) is 6.58 Å². The predicted octanol–water partition coefficient (Wildman–Crippen LogP) is 1.17. The van der Waals surface area contributed by atoms with E-state index in [1.54, 1.807) is 6.92 Å². The zero-order chi connectivity index (χ0) is 9.02. The zero-order valence-electron chi connectivity index (χ0n) is 6.32. The Morgan fingerprint density at radius 2 is 2.09 bits per heavy atom. The average Bonchev–Trinajstić information content (AvgIpc) is 1.87. The van der Waals surface area contributed by atoms with E-state index < -0.39 is 0 Å². The Bertz CT molecular complexity index is 243. The maximum atomic E-state index is 7.20. The van der Waals surface area contributed by atoms with Crippen LogP contribution in [0.25, 0.3) is 0 Å².